The van der Waals surface area contributed by atoms with E-state index >= 15 is 0 Å². The van der Waals surface area contributed by atoms with Crippen LogP contribution in [0, 0.1) is 18.3 Å². The maximum atomic E-state index is 12.9. The maximum Gasteiger partial charge on any atom is 0.256 e. The fourth-order valence-corrected chi connectivity index (χ4v) is 5.45. The summed E-state index contributed by atoms with van der Waals surface area (Å²) in [5.41, 5.74) is 4.09. The zero-order chi connectivity index (χ0) is 18.6. The summed E-state index contributed by atoms with van der Waals surface area (Å²) in [6.07, 6.45) is 2.76. The quantitative estimate of drug-likeness (QED) is 0.678. The van der Waals surface area contributed by atoms with Crippen molar-refractivity contribution in [3.05, 3.63) is 45.3 Å². The number of rotatable bonds is 1. The van der Waals surface area contributed by atoms with E-state index in [2.05, 4.69) is 31.4 Å². The number of nitrogens with one attached hydrogen (secondary N) is 2. The summed E-state index contributed by atoms with van der Waals surface area (Å²) in [4.78, 5) is 14.2. The fourth-order valence-electron chi connectivity index (χ4n) is 4.10. The van der Waals surface area contributed by atoms with E-state index in [1.165, 1.54) is 10.4 Å². The van der Waals surface area contributed by atoms with E-state index in [0.717, 1.165) is 35.4 Å². The third-order valence-electron chi connectivity index (χ3n) is 5.76. The van der Waals surface area contributed by atoms with Crippen LogP contribution < -0.4 is 10.6 Å². The minimum atomic E-state index is -0.395. The molecule has 4 nitrogen and oxygen atoms in total. The van der Waals surface area contributed by atoms with Crippen LogP contribution in [-0.4, -0.2) is 11.0 Å². The van der Waals surface area contributed by atoms with Crippen LogP contribution in [0.2, 0.25) is 0 Å². The lowest BCUT2D eigenvalue weighted by molar-refractivity contribution is 0.0934. The number of phenols is 1. The lowest BCUT2D eigenvalue weighted by Crippen LogP contribution is -2.38. The van der Waals surface area contributed by atoms with Gasteiger partial charge in [0.15, 0.2) is 0 Å². The monoisotopic (exact) mass is 370 g/mol. The topological polar surface area (TPSA) is 61.4 Å². The van der Waals surface area contributed by atoms with Gasteiger partial charge in [-0.1, -0.05) is 32.4 Å². The molecule has 0 saturated heterocycles. The highest BCUT2D eigenvalue weighted by molar-refractivity contribution is 7.16. The number of benzene rings is 1. The summed E-state index contributed by atoms with van der Waals surface area (Å²) in [6.45, 7) is 8.89. The van der Waals surface area contributed by atoms with Gasteiger partial charge in [0.1, 0.15) is 16.9 Å². The summed E-state index contributed by atoms with van der Waals surface area (Å²) in [6, 6.07) is 5.47. The predicted octanol–water partition coefficient (Wildman–Crippen LogP) is 4.77. The maximum absolute atomic E-state index is 12.9. The van der Waals surface area contributed by atoms with Crippen molar-refractivity contribution in [1.82, 2.24) is 5.32 Å². The van der Waals surface area contributed by atoms with E-state index < -0.39 is 6.17 Å². The van der Waals surface area contributed by atoms with Crippen molar-refractivity contribution < 1.29 is 9.90 Å². The first-order valence-corrected chi connectivity index (χ1v) is 10.1. The van der Waals surface area contributed by atoms with E-state index in [-0.39, 0.29) is 17.1 Å². The second-order valence-corrected chi connectivity index (χ2v) is 9.73. The van der Waals surface area contributed by atoms with Gasteiger partial charge in [-0.15, -0.1) is 11.3 Å². The van der Waals surface area contributed by atoms with E-state index in [1.807, 2.05) is 19.1 Å². The molecule has 2 aromatic rings. The Morgan fingerprint density at radius 3 is 2.73 bits per heavy atom. The first-order valence-electron chi connectivity index (χ1n) is 9.25. The van der Waals surface area contributed by atoms with Crippen LogP contribution in [0.1, 0.15) is 65.3 Å². The number of anilines is 1. The Balaban J connectivity index is 1.68. The summed E-state index contributed by atoms with van der Waals surface area (Å²) in [7, 11) is 0. The van der Waals surface area contributed by atoms with Gasteiger partial charge in [0, 0.05) is 10.4 Å². The molecular formula is C21H26N2O2S. The van der Waals surface area contributed by atoms with Crippen molar-refractivity contribution in [2.24, 2.45) is 11.3 Å². The molecule has 2 heterocycles. The van der Waals surface area contributed by atoms with Crippen LogP contribution in [0.3, 0.4) is 0 Å². The van der Waals surface area contributed by atoms with Gasteiger partial charge >= 0.3 is 0 Å². The molecule has 26 heavy (non-hydrogen) atoms. The standard InChI is InChI=1S/C21H26N2O2S/c1-11-5-8-15(24)14(9-11)18-22-19(25)17-13-7-6-12(21(2,3)4)10-16(13)26-20(17)23-18/h5,8-9,12,18,23-24H,6-7,10H2,1-4H3,(H,22,25)/t12-,18-/m0/s1. The molecule has 138 valence electrons. The Hall–Kier alpha value is -2.01. The highest BCUT2D eigenvalue weighted by Gasteiger charge is 2.36. The molecule has 1 aromatic heterocycles. The van der Waals surface area contributed by atoms with Gasteiger partial charge in [0.05, 0.1) is 5.56 Å². The number of aromatic hydroxyl groups is 1. The molecule has 2 aliphatic rings. The van der Waals surface area contributed by atoms with Crippen molar-refractivity contribution >= 4 is 22.2 Å². The number of carbonyl (C=O) groups is 1. The van der Waals surface area contributed by atoms with Crippen LogP contribution in [0.4, 0.5) is 5.00 Å². The Kier molecular flexibility index (Phi) is 4.03. The van der Waals surface area contributed by atoms with E-state index in [4.69, 9.17) is 0 Å². The van der Waals surface area contributed by atoms with Crippen LogP contribution in [0.5, 0.6) is 5.75 Å². The lowest BCUT2D eigenvalue weighted by Gasteiger charge is -2.34. The molecule has 1 aliphatic heterocycles. The van der Waals surface area contributed by atoms with Gasteiger partial charge in [-0.2, -0.15) is 0 Å². The minimum absolute atomic E-state index is 0.0311. The summed E-state index contributed by atoms with van der Waals surface area (Å²) in [5.74, 6) is 0.817. The highest BCUT2D eigenvalue weighted by atomic mass is 32.1. The predicted molar refractivity (Wildman–Crippen MR) is 106 cm³/mol. The molecule has 0 fully saturated rings. The first kappa shape index (κ1) is 17.4. The molecular weight excluding hydrogens is 344 g/mol. The third kappa shape index (κ3) is 2.88. The molecule has 1 amide bonds. The molecule has 2 atom stereocenters. The SMILES string of the molecule is Cc1ccc(O)c([C@H]2NC(=O)c3c(sc4c3CC[C@H](C(C)(C)C)C4)N2)c1. The van der Waals surface area contributed by atoms with Gasteiger partial charge in [-0.3, -0.25) is 4.79 Å². The number of fused-ring (bicyclic) bond motifs is 3. The summed E-state index contributed by atoms with van der Waals surface area (Å²) >= 11 is 1.72. The molecule has 0 bridgehead atoms. The number of carbonyl (C=O) groups excluding carboxylic acids is 1. The van der Waals surface area contributed by atoms with Crippen molar-refractivity contribution in [1.29, 1.82) is 0 Å². The van der Waals surface area contributed by atoms with Crippen LogP contribution in [0.25, 0.3) is 0 Å². The Morgan fingerprint density at radius 2 is 2.00 bits per heavy atom. The largest absolute Gasteiger partial charge is 0.508 e. The number of hydrogen-bond acceptors (Lipinski definition) is 4. The fraction of sp³-hybridized carbons (Fsp3) is 0.476. The Labute approximate surface area is 158 Å². The molecule has 3 N–H and O–H groups in total. The van der Waals surface area contributed by atoms with Crippen LogP contribution in [-0.2, 0) is 12.8 Å². The Bertz CT molecular complexity index is 879. The molecule has 0 saturated carbocycles. The van der Waals surface area contributed by atoms with E-state index in [9.17, 15) is 9.90 Å². The molecule has 1 aliphatic carbocycles. The Morgan fingerprint density at radius 1 is 1.23 bits per heavy atom. The van der Waals surface area contributed by atoms with Gasteiger partial charge in [-0.05, 0) is 55.2 Å². The zero-order valence-electron chi connectivity index (χ0n) is 15.8. The molecule has 0 unspecified atom stereocenters. The van der Waals surface area contributed by atoms with Crippen LogP contribution in [0.15, 0.2) is 18.2 Å². The number of phenolic OH excluding ortho intramolecular Hbond substituents is 1. The van der Waals surface area contributed by atoms with E-state index in [0.29, 0.717) is 11.5 Å². The lowest BCUT2D eigenvalue weighted by atomic mass is 9.72. The van der Waals surface area contributed by atoms with Crippen molar-refractivity contribution in [2.45, 2.75) is 53.1 Å². The zero-order valence-corrected chi connectivity index (χ0v) is 16.6. The molecule has 0 spiro atoms. The summed E-state index contributed by atoms with van der Waals surface area (Å²) in [5, 5.41) is 17.6. The normalized spacial score (nSPS) is 22.2. The average molecular weight is 371 g/mol. The second kappa shape index (κ2) is 6.02. The van der Waals surface area contributed by atoms with Crippen molar-refractivity contribution in [3.8, 4) is 5.75 Å². The van der Waals surface area contributed by atoms with Crippen molar-refractivity contribution in [3.63, 3.8) is 0 Å². The average Bonchev–Trinajstić information content (AvgIpc) is 2.94. The smallest absolute Gasteiger partial charge is 0.256 e. The number of hydrogen-bond donors (Lipinski definition) is 3. The number of aryl methyl sites for hydroxylation is 1. The molecule has 4 rings (SSSR count). The summed E-state index contributed by atoms with van der Waals surface area (Å²) < 4.78 is 0. The van der Waals surface area contributed by atoms with Crippen LogP contribution >= 0.6 is 11.3 Å². The second-order valence-electron chi connectivity index (χ2n) is 8.63. The molecule has 1 aromatic carbocycles. The third-order valence-corrected chi connectivity index (χ3v) is 6.95. The van der Waals surface area contributed by atoms with Gasteiger partial charge in [0.25, 0.3) is 5.91 Å². The molecule has 0 radical (unpaired) electrons. The molecule has 5 heteroatoms. The first-order chi connectivity index (χ1) is 12.2. The van der Waals surface area contributed by atoms with Gasteiger partial charge in [0.2, 0.25) is 0 Å². The highest BCUT2D eigenvalue weighted by Crippen LogP contribution is 2.46. The van der Waals surface area contributed by atoms with Crippen molar-refractivity contribution in [2.75, 3.05) is 5.32 Å². The van der Waals surface area contributed by atoms with Gasteiger partial charge in [-0.25, -0.2) is 0 Å². The van der Waals surface area contributed by atoms with Gasteiger partial charge < -0.3 is 15.7 Å². The number of thiophene rings is 1. The van der Waals surface area contributed by atoms with E-state index in [1.54, 1.807) is 17.4 Å². The number of amides is 1. The minimum Gasteiger partial charge on any atom is -0.508 e.